The molecule has 3 rings (SSSR count). The maximum Gasteiger partial charge on any atom is 0.230 e. The Labute approximate surface area is 138 Å². The van der Waals surface area contributed by atoms with E-state index in [-0.39, 0.29) is 17.7 Å². The molecule has 0 aliphatic heterocycles. The fourth-order valence-electron chi connectivity index (χ4n) is 2.47. The van der Waals surface area contributed by atoms with Gasteiger partial charge in [0.15, 0.2) is 5.82 Å². The van der Waals surface area contributed by atoms with Crippen molar-refractivity contribution in [3.8, 4) is 11.4 Å². The topological polar surface area (TPSA) is 94.5 Å². The largest absolute Gasteiger partial charge is 0.324 e. The number of nitrogens with zero attached hydrogens (tertiary/aromatic N) is 5. The van der Waals surface area contributed by atoms with Crippen LogP contribution in [-0.4, -0.2) is 24.7 Å². The Bertz CT molecular complexity index is 873. The van der Waals surface area contributed by atoms with E-state index in [1.54, 1.807) is 36.1 Å². The quantitative estimate of drug-likeness (QED) is 0.764. The Morgan fingerprint density at radius 2 is 2.08 bits per heavy atom. The summed E-state index contributed by atoms with van der Waals surface area (Å²) >= 11 is 0. The van der Waals surface area contributed by atoms with Crippen LogP contribution in [0.2, 0.25) is 0 Å². The highest BCUT2D eigenvalue weighted by atomic mass is 19.1. The number of aromatic nitrogens is 5. The smallest absolute Gasteiger partial charge is 0.230 e. The van der Waals surface area contributed by atoms with Gasteiger partial charge in [-0.25, -0.2) is 14.4 Å². The van der Waals surface area contributed by atoms with Crippen LogP contribution < -0.4 is 11.1 Å². The zero-order valence-corrected chi connectivity index (χ0v) is 13.7. The molecule has 0 aliphatic carbocycles. The molecule has 0 spiro atoms. The van der Waals surface area contributed by atoms with Crippen LogP contribution in [0.3, 0.4) is 0 Å². The van der Waals surface area contributed by atoms with Crippen molar-refractivity contribution in [1.82, 2.24) is 24.7 Å². The maximum absolute atomic E-state index is 14.7. The normalized spacial score (nSPS) is 12.2. The molecule has 0 radical (unpaired) electrons. The number of aryl methyl sites for hydroxylation is 1. The standard InChI is InChI=1S/C16H18FN7/c1-9-12(10(2)18)4-5-13(14(9)17)15-19-8-20-16(23-15)22-11-6-21-24(3)7-11/h4-8,10H,18H2,1-3H3,(H,19,20,22,23)/t10-/m1/s1. The molecule has 8 heteroatoms. The lowest BCUT2D eigenvalue weighted by Crippen LogP contribution is -2.09. The highest BCUT2D eigenvalue weighted by Gasteiger charge is 2.16. The molecular weight excluding hydrogens is 309 g/mol. The van der Waals surface area contributed by atoms with Gasteiger partial charge in [-0.3, -0.25) is 4.68 Å². The minimum Gasteiger partial charge on any atom is -0.324 e. The molecule has 0 unspecified atom stereocenters. The molecule has 124 valence electrons. The number of hydrogen-bond acceptors (Lipinski definition) is 6. The summed E-state index contributed by atoms with van der Waals surface area (Å²) in [6.45, 7) is 3.52. The second-order valence-corrected chi connectivity index (χ2v) is 5.59. The summed E-state index contributed by atoms with van der Waals surface area (Å²) in [5, 5.41) is 7.07. The molecule has 2 heterocycles. The molecule has 1 atom stereocenters. The van der Waals surface area contributed by atoms with Crippen molar-refractivity contribution < 1.29 is 4.39 Å². The molecule has 0 bridgehead atoms. The van der Waals surface area contributed by atoms with E-state index in [2.05, 4.69) is 25.4 Å². The van der Waals surface area contributed by atoms with Gasteiger partial charge in [0, 0.05) is 19.3 Å². The first-order chi connectivity index (χ1) is 11.5. The first-order valence-corrected chi connectivity index (χ1v) is 7.45. The highest BCUT2D eigenvalue weighted by molar-refractivity contribution is 5.61. The van der Waals surface area contributed by atoms with Crippen LogP contribution >= 0.6 is 0 Å². The number of benzene rings is 1. The Morgan fingerprint density at radius 3 is 2.75 bits per heavy atom. The molecule has 0 amide bonds. The molecule has 7 nitrogen and oxygen atoms in total. The van der Waals surface area contributed by atoms with Gasteiger partial charge >= 0.3 is 0 Å². The highest BCUT2D eigenvalue weighted by Crippen LogP contribution is 2.27. The van der Waals surface area contributed by atoms with Crippen LogP contribution in [0.5, 0.6) is 0 Å². The molecule has 24 heavy (non-hydrogen) atoms. The van der Waals surface area contributed by atoms with Gasteiger partial charge in [0.25, 0.3) is 0 Å². The SMILES string of the molecule is Cc1c([C@@H](C)N)ccc(-c2ncnc(Nc3cnn(C)c3)n2)c1F. The van der Waals surface area contributed by atoms with Gasteiger partial charge < -0.3 is 11.1 Å². The van der Waals surface area contributed by atoms with E-state index in [0.717, 1.165) is 11.3 Å². The van der Waals surface area contributed by atoms with E-state index < -0.39 is 0 Å². The van der Waals surface area contributed by atoms with Gasteiger partial charge in [0.1, 0.15) is 12.1 Å². The van der Waals surface area contributed by atoms with Crippen molar-refractivity contribution in [1.29, 1.82) is 0 Å². The predicted molar refractivity (Wildman–Crippen MR) is 89.1 cm³/mol. The number of rotatable bonds is 4. The van der Waals surface area contributed by atoms with E-state index >= 15 is 0 Å². The minimum absolute atomic E-state index is 0.241. The molecular formula is C16H18FN7. The molecule has 3 aromatic rings. The summed E-state index contributed by atoms with van der Waals surface area (Å²) in [5.74, 6) is 0.206. The van der Waals surface area contributed by atoms with Gasteiger partial charge in [-0.1, -0.05) is 6.07 Å². The molecule has 0 saturated heterocycles. The van der Waals surface area contributed by atoms with Crippen LogP contribution in [0.15, 0.2) is 30.9 Å². The predicted octanol–water partition coefficient (Wildman–Crippen LogP) is 2.48. The van der Waals surface area contributed by atoms with Crippen molar-refractivity contribution in [2.45, 2.75) is 19.9 Å². The molecule has 0 fully saturated rings. The fraction of sp³-hybridized carbons (Fsp3) is 0.250. The number of hydrogen-bond donors (Lipinski definition) is 2. The van der Waals surface area contributed by atoms with Gasteiger partial charge in [-0.15, -0.1) is 0 Å². The maximum atomic E-state index is 14.7. The molecule has 3 N–H and O–H groups in total. The van der Waals surface area contributed by atoms with Crippen molar-refractivity contribution >= 4 is 11.6 Å². The Hall–Kier alpha value is -2.87. The Morgan fingerprint density at radius 1 is 1.29 bits per heavy atom. The average molecular weight is 327 g/mol. The fourth-order valence-corrected chi connectivity index (χ4v) is 2.47. The molecule has 0 saturated carbocycles. The van der Waals surface area contributed by atoms with Crippen LogP contribution in [0.25, 0.3) is 11.4 Å². The monoisotopic (exact) mass is 327 g/mol. The van der Waals surface area contributed by atoms with Crippen molar-refractivity contribution in [3.05, 3.63) is 47.8 Å². The van der Waals surface area contributed by atoms with Gasteiger partial charge in [0.2, 0.25) is 5.95 Å². The first-order valence-electron chi connectivity index (χ1n) is 7.45. The van der Waals surface area contributed by atoms with Crippen LogP contribution in [0.1, 0.15) is 24.1 Å². The van der Waals surface area contributed by atoms with Crippen LogP contribution in [0, 0.1) is 12.7 Å². The van der Waals surface area contributed by atoms with E-state index in [1.807, 2.05) is 14.0 Å². The minimum atomic E-state index is -0.372. The molecule has 0 aliphatic rings. The van der Waals surface area contributed by atoms with E-state index in [9.17, 15) is 4.39 Å². The number of halogens is 1. The van der Waals surface area contributed by atoms with E-state index in [4.69, 9.17) is 5.73 Å². The lowest BCUT2D eigenvalue weighted by Gasteiger charge is -2.13. The number of anilines is 2. The number of nitrogens with two attached hydrogens (primary N) is 1. The van der Waals surface area contributed by atoms with Gasteiger partial charge in [-0.05, 0) is 31.0 Å². The summed E-state index contributed by atoms with van der Waals surface area (Å²) < 4.78 is 16.3. The lowest BCUT2D eigenvalue weighted by atomic mass is 9.99. The third-order valence-corrected chi connectivity index (χ3v) is 3.69. The second kappa shape index (κ2) is 6.32. The summed E-state index contributed by atoms with van der Waals surface area (Å²) in [4.78, 5) is 12.4. The third kappa shape index (κ3) is 3.09. The van der Waals surface area contributed by atoms with Crippen LogP contribution in [0.4, 0.5) is 16.0 Å². The first kappa shape index (κ1) is 16.0. The average Bonchev–Trinajstić information content (AvgIpc) is 2.95. The zero-order valence-electron chi connectivity index (χ0n) is 13.7. The van der Waals surface area contributed by atoms with Gasteiger partial charge in [-0.2, -0.15) is 10.1 Å². The Balaban J connectivity index is 1.95. The summed E-state index contributed by atoms with van der Waals surface area (Å²) in [5.41, 5.74) is 8.17. The zero-order chi connectivity index (χ0) is 17.3. The Kier molecular flexibility index (Phi) is 4.22. The van der Waals surface area contributed by atoms with E-state index in [1.165, 1.54) is 6.33 Å². The van der Waals surface area contributed by atoms with Crippen molar-refractivity contribution in [2.75, 3.05) is 5.32 Å². The van der Waals surface area contributed by atoms with Crippen LogP contribution in [-0.2, 0) is 7.05 Å². The van der Waals surface area contributed by atoms with Crippen molar-refractivity contribution in [2.24, 2.45) is 12.8 Å². The van der Waals surface area contributed by atoms with Crippen molar-refractivity contribution in [3.63, 3.8) is 0 Å². The molecule has 2 aromatic heterocycles. The lowest BCUT2D eigenvalue weighted by molar-refractivity contribution is 0.613. The summed E-state index contributed by atoms with van der Waals surface area (Å²) in [6, 6.07) is 3.20. The van der Waals surface area contributed by atoms with E-state index in [0.29, 0.717) is 17.1 Å². The number of nitrogens with one attached hydrogen (secondary N) is 1. The van der Waals surface area contributed by atoms with Gasteiger partial charge in [0.05, 0.1) is 17.4 Å². The second-order valence-electron chi connectivity index (χ2n) is 5.59. The third-order valence-electron chi connectivity index (χ3n) is 3.69. The summed E-state index contributed by atoms with van der Waals surface area (Å²) in [6.07, 6.45) is 4.77. The molecule has 1 aromatic carbocycles. The summed E-state index contributed by atoms with van der Waals surface area (Å²) in [7, 11) is 1.81.